The minimum absolute atomic E-state index is 0.0947. The number of anilines is 1. The maximum absolute atomic E-state index is 14.4. The zero-order valence-corrected chi connectivity index (χ0v) is 30.8. The molecule has 51 heavy (non-hydrogen) atoms. The summed E-state index contributed by atoms with van der Waals surface area (Å²) in [4.78, 5) is 36.0. The molecule has 4 aliphatic heterocycles. The Morgan fingerprint density at radius 2 is 1.80 bits per heavy atom. The monoisotopic (exact) mass is 727 g/mol. The Balaban J connectivity index is 1.02. The Labute approximate surface area is 300 Å². The number of nitrogens with zero attached hydrogens (tertiary/aromatic N) is 8. The molecular weight excluding hydrogens is 678 g/mol. The Bertz CT molecular complexity index is 1700. The molecule has 4 aliphatic rings. The van der Waals surface area contributed by atoms with E-state index in [0.29, 0.717) is 37.8 Å². The molecule has 2 amide bonds. The minimum atomic E-state index is -3.57. The van der Waals surface area contributed by atoms with E-state index in [4.69, 9.17) is 4.74 Å². The van der Waals surface area contributed by atoms with Crippen LogP contribution in [0, 0.1) is 17.2 Å². The fourth-order valence-corrected chi connectivity index (χ4v) is 9.84. The molecule has 4 saturated heterocycles. The number of carbonyl (C=O) groups excluding carboxylic acids is 2. The third-order valence-corrected chi connectivity index (χ3v) is 12.6. The number of piperidine rings is 1. The highest BCUT2D eigenvalue weighted by Gasteiger charge is 2.48. The number of nitrogens with one attached hydrogen (secondary N) is 1. The summed E-state index contributed by atoms with van der Waals surface area (Å²) in [6.45, 7) is 17.2. The van der Waals surface area contributed by atoms with Crippen molar-refractivity contribution in [2.24, 2.45) is 11.3 Å². The summed E-state index contributed by atoms with van der Waals surface area (Å²) >= 11 is 0. The molecule has 0 radical (unpaired) electrons. The lowest BCUT2D eigenvalue weighted by molar-refractivity contribution is -0.117. The molecule has 1 N–H and O–H groups in total. The summed E-state index contributed by atoms with van der Waals surface area (Å²) in [5.41, 5.74) is 0.251. The molecule has 2 aromatic rings. The van der Waals surface area contributed by atoms with E-state index in [0.717, 1.165) is 52.0 Å². The highest BCUT2D eigenvalue weighted by molar-refractivity contribution is 7.86. The van der Waals surface area contributed by atoms with Gasteiger partial charge in [-0.15, -0.1) is 10.2 Å². The second-order valence-corrected chi connectivity index (χ2v) is 16.9. The number of ether oxygens (including phenoxy) is 1. The molecule has 0 saturated carbocycles. The molecule has 5 heterocycles. The molecule has 0 bridgehead atoms. The van der Waals surface area contributed by atoms with E-state index in [1.807, 2.05) is 27.7 Å². The van der Waals surface area contributed by atoms with Crippen molar-refractivity contribution in [3.8, 4) is 11.6 Å². The fourth-order valence-electron chi connectivity index (χ4n) is 8.17. The van der Waals surface area contributed by atoms with Crippen LogP contribution in [0.2, 0.25) is 0 Å². The molecule has 1 aromatic heterocycles. The molecule has 2 atom stereocenters. The van der Waals surface area contributed by atoms with Gasteiger partial charge in [0.15, 0.2) is 5.82 Å². The summed E-state index contributed by atoms with van der Waals surface area (Å²) in [5, 5.41) is 11.0. The highest BCUT2D eigenvalue weighted by Crippen LogP contribution is 2.42. The van der Waals surface area contributed by atoms with Crippen molar-refractivity contribution in [3.05, 3.63) is 48.6 Å². The van der Waals surface area contributed by atoms with Crippen molar-refractivity contribution in [3.63, 3.8) is 0 Å². The first-order valence-corrected chi connectivity index (χ1v) is 19.3. The van der Waals surface area contributed by atoms with Crippen molar-refractivity contribution in [1.82, 2.24) is 38.9 Å². The zero-order chi connectivity index (χ0) is 36.5. The highest BCUT2D eigenvalue weighted by atomic mass is 32.2. The summed E-state index contributed by atoms with van der Waals surface area (Å²) in [6, 6.07) is 3.52. The largest absolute Gasteiger partial charge is 0.434 e. The third kappa shape index (κ3) is 8.03. The van der Waals surface area contributed by atoms with Gasteiger partial charge < -0.3 is 24.8 Å². The number of hydrogen-bond acceptors (Lipinski definition) is 10. The average Bonchev–Trinajstić information content (AvgIpc) is 3.75. The smallest absolute Gasteiger partial charge is 0.282 e. The Kier molecular flexibility index (Phi) is 11.0. The molecule has 278 valence electrons. The first-order chi connectivity index (χ1) is 24.3. The van der Waals surface area contributed by atoms with Gasteiger partial charge in [0, 0.05) is 77.0 Å². The lowest BCUT2D eigenvalue weighted by Gasteiger charge is -2.54. The van der Waals surface area contributed by atoms with Crippen LogP contribution >= 0.6 is 0 Å². The number of likely N-dealkylation sites (tertiary alicyclic amines) is 1. The second-order valence-electron chi connectivity index (χ2n) is 15.0. The van der Waals surface area contributed by atoms with Gasteiger partial charge in [0.25, 0.3) is 22.0 Å². The lowest BCUT2D eigenvalue weighted by atomic mass is 9.72. The van der Waals surface area contributed by atoms with Gasteiger partial charge in [0.1, 0.15) is 17.9 Å². The van der Waals surface area contributed by atoms with Crippen molar-refractivity contribution in [2.75, 3.05) is 63.8 Å². The van der Waals surface area contributed by atoms with E-state index >= 15 is 0 Å². The van der Waals surface area contributed by atoms with Gasteiger partial charge in [0.05, 0.1) is 5.56 Å². The van der Waals surface area contributed by atoms with Crippen LogP contribution < -0.4 is 15.0 Å². The Morgan fingerprint density at radius 1 is 1.08 bits per heavy atom. The topological polar surface area (TPSA) is 144 Å². The molecule has 1 spiro atoms. The van der Waals surface area contributed by atoms with Crippen molar-refractivity contribution < 1.29 is 27.1 Å². The van der Waals surface area contributed by atoms with E-state index < -0.39 is 16.0 Å². The normalized spacial score (nSPS) is 22.8. The predicted octanol–water partition coefficient (Wildman–Crippen LogP) is 2.91. The van der Waals surface area contributed by atoms with Crippen molar-refractivity contribution in [2.45, 2.75) is 71.5 Å². The molecule has 6 rings (SSSR count). The number of carbonyl (C=O) groups is 2. The van der Waals surface area contributed by atoms with Crippen LogP contribution in [0.3, 0.4) is 0 Å². The minimum Gasteiger partial charge on any atom is -0.434 e. The van der Waals surface area contributed by atoms with Crippen LogP contribution in [-0.2, 0) is 15.0 Å². The Hall–Kier alpha value is -3.73. The average molecular weight is 728 g/mol. The van der Waals surface area contributed by atoms with Crippen LogP contribution in [0.15, 0.2) is 37.2 Å². The van der Waals surface area contributed by atoms with E-state index in [9.17, 15) is 22.4 Å². The molecule has 0 unspecified atom stereocenters. The standard InChI is InChI=1S/C35H50FN9O5S/c1-6-31(46)39-28-10-14-44(20-28)51(48,49)43-15-11-35(12-16-43)21-41(22-35)18-26-9-13-42(19-26)32-33(40-38-23-37-32)50-30-8-7-27(36)17-29(30)34(47)45(24(2)3)25(4)5/h6-8,17,23-26,28H,1,9-16,18-22H2,2-5H3,(H,39,46)/t26-,28+/m0/s1. The van der Waals surface area contributed by atoms with Gasteiger partial charge in [-0.3, -0.25) is 9.59 Å². The van der Waals surface area contributed by atoms with Crippen molar-refractivity contribution in [1.29, 1.82) is 0 Å². The number of aromatic nitrogens is 3. The van der Waals surface area contributed by atoms with Crippen LogP contribution in [0.4, 0.5) is 10.2 Å². The maximum Gasteiger partial charge on any atom is 0.282 e. The first-order valence-electron chi connectivity index (χ1n) is 17.9. The van der Waals surface area contributed by atoms with E-state index in [1.165, 1.54) is 34.9 Å². The van der Waals surface area contributed by atoms with Crippen LogP contribution in [0.5, 0.6) is 11.6 Å². The molecular formula is C35H50FN9O5S. The second kappa shape index (κ2) is 15.1. The van der Waals surface area contributed by atoms with E-state index in [-0.39, 0.29) is 59.1 Å². The van der Waals surface area contributed by atoms with Gasteiger partial charge >= 0.3 is 0 Å². The lowest BCUT2D eigenvalue weighted by Crippen LogP contribution is -2.62. The van der Waals surface area contributed by atoms with Crippen LogP contribution in [0.1, 0.15) is 63.7 Å². The van der Waals surface area contributed by atoms with Crippen molar-refractivity contribution >= 4 is 27.8 Å². The number of halogens is 1. The quantitative estimate of drug-likeness (QED) is 0.324. The van der Waals surface area contributed by atoms with E-state index in [1.54, 1.807) is 9.21 Å². The third-order valence-electron chi connectivity index (χ3n) is 10.6. The number of amides is 2. The van der Waals surface area contributed by atoms with Crippen LogP contribution in [-0.4, -0.2) is 131 Å². The summed E-state index contributed by atoms with van der Waals surface area (Å²) in [6.07, 6.45) is 5.80. The van der Waals surface area contributed by atoms with Gasteiger partial charge in [-0.05, 0) is 89.0 Å². The molecule has 4 fully saturated rings. The number of benzene rings is 1. The summed E-state index contributed by atoms with van der Waals surface area (Å²) < 4.78 is 50.4. The Morgan fingerprint density at radius 3 is 2.49 bits per heavy atom. The first kappa shape index (κ1) is 37.0. The molecule has 0 aliphatic carbocycles. The molecule has 16 heteroatoms. The maximum atomic E-state index is 14.4. The SMILES string of the molecule is C=CC(=O)N[C@@H]1CCN(S(=O)(=O)N2CCC3(CC2)CN(C[C@@H]2CCN(c4ncnnc4Oc4ccc(F)cc4C(=O)N(C(C)C)C(C)C)C2)C3)C1. The predicted molar refractivity (Wildman–Crippen MR) is 190 cm³/mol. The number of hydrogen-bond donors (Lipinski definition) is 1. The zero-order valence-electron chi connectivity index (χ0n) is 30.0. The summed E-state index contributed by atoms with van der Waals surface area (Å²) in [5.74, 6) is 0.130. The van der Waals surface area contributed by atoms with Gasteiger partial charge in [-0.25, -0.2) is 9.37 Å². The summed E-state index contributed by atoms with van der Waals surface area (Å²) in [7, 11) is -3.57. The van der Waals surface area contributed by atoms with Crippen LogP contribution in [0.25, 0.3) is 0 Å². The van der Waals surface area contributed by atoms with Gasteiger partial charge in [-0.1, -0.05) is 6.58 Å². The molecule has 14 nitrogen and oxygen atoms in total. The van der Waals surface area contributed by atoms with Gasteiger partial charge in [0.2, 0.25) is 5.91 Å². The number of rotatable bonds is 12. The fraction of sp³-hybridized carbons (Fsp3) is 0.629. The van der Waals surface area contributed by atoms with Gasteiger partial charge in [-0.2, -0.15) is 17.0 Å². The van der Waals surface area contributed by atoms with E-state index in [2.05, 4.69) is 36.9 Å². The molecule has 1 aromatic carbocycles.